The first-order chi connectivity index (χ1) is 9.28. The van der Waals surface area contributed by atoms with Crippen LogP contribution in [0.5, 0.6) is 11.5 Å². The van der Waals surface area contributed by atoms with Crippen LogP contribution in [0.15, 0.2) is 36.7 Å². The average molecular weight is 257 g/mol. The predicted octanol–water partition coefficient (Wildman–Crippen LogP) is 2.97. The number of aromatic nitrogens is 1. The van der Waals surface area contributed by atoms with E-state index in [1.54, 1.807) is 25.6 Å². The molecule has 1 heterocycles. The zero-order valence-corrected chi connectivity index (χ0v) is 10.9. The summed E-state index contributed by atoms with van der Waals surface area (Å²) in [6.45, 7) is 2.52. The van der Waals surface area contributed by atoms with Crippen molar-refractivity contribution in [1.29, 1.82) is 0 Å². The number of benzene rings is 1. The lowest BCUT2D eigenvalue weighted by molar-refractivity contribution is 0.112. The van der Waals surface area contributed by atoms with Crippen LogP contribution in [0, 0.1) is 0 Å². The zero-order chi connectivity index (χ0) is 13.7. The minimum atomic E-state index is 0.528. The van der Waals surface area contributed by atoms with Crippen LogP contribution in [0.1, 0.15) is 17.3 Å². The molecule has 1 aromatic carbocycles. The molecule has 0 spiro atoms. The summed E-state index contributed by atoms with van der Waals surface area (Å²) in [6.07, 6.45) is 4.19. The summed E-state index contributed by atoms with van der Waals surface area (Å²) in [5.41, 5.74) is 2.37. The Morgan fingerprint density at radius 1 is 1.21 bits per heavy atom. The molecule has 4 nitrogen and oxygen atoms in total. The minimum Gasteiger partial charge on any atom is -0.496 e. The summed E-state index contributed by atoms with van der Waals surface area (Å²) >= 11 is 0. The maximum absolute atomic E-state index is 10.9. The molecule has 0 unspecified atom stereocenters. The number of carbonyl (C=O) groups excluding carboxylic acids is 1. The van der Waals surface area contributed by atoms with Gasteiger partial charge in [0.15, 0.2) is 6.29 Å². The van der Waals surface area contributed by atoms with Crippen LogP contribution in [-0.2, 0) is 0 Å². The second kappa shape index (κ2) is 6.00. The third kappa shape index (κ3) is 2.91. The molecule has 19 heavy (non-hydrogen) atoms. The summed E-state index contributed by atoms with van der Waals surface area (Å²) in [7, 11) is 1.54. The monoisotopic (exact) mass is 257 g/mol. The van der Waals surface area contributed by atoms with Crippen LogP contribution < -0.4 is 9.47 Å². The lowest BCUT2D eigenvalue weighted by atomic mass is 10.0. The maximum Gasteiger partial charge on any atom is 0.153 e. The quantitative estimate of drug-likeness (QED) is 0.773. The highest BCUT2D eigenvalue weighted by atomic mass is 16.5. The number of nitrogens with zero attached hydrogens (tertiary/aromatic N) is 1. The smallest absolute Gasteiger partial charge is 0.153 e. The molecule has 1 aromatic heterocycles. The van der Waals surface area contributed by atoms with Gasteiger partial charge in [-0.05, 0) is 30.7 Å². The molecule has 0 aliphatic rings. The van der Waals surface area contributed by atoms with Gasteiger partial charge in [0.25, 0.3) is 0 Å². The fourth-order valence-corrected chi connectivity index (χ4v) is 1.81. The van der Waals surface area contributed by atoms with Crippen molar-refractivity contribution >= 4 is 6.29 Å². The Morgan fingerprint density at radius 3 is 2.74 bits per heavy atom. The fraction of sp³-hybridized carbons (Fsp3) is 0.200. The van der Waals surface area contributed by atoms with Crippen LogP contribution in [0.3, 0.4) is 0 Å². The first kappa shape index (κ1) is 13.1. The van der Waals surface area contributed by atoms with Gasteiger partial charge in [-0.15, -0.1) is 0 Å². The van der Waals surface area contributed by atoms with Gasteiger partial charge in [-0.25, -0.2) is 0 Å². The Bertz CT molecular complexity index is 581. The molecule has 0 aliphatic heterocycles. The third-order valence-electron chi connectivity index (χ3n) is 2.72. The van der Waals surface area contributed by atoms with Crippen LogP contribution >= 0.6 is 0 Å². The SMILES string of the molecule is CCOc1cncc(-c2ccc(C=O)c(OC)c2)c1. The van der Waals surface area contributed by atoms with Crippen LogP contribution in [0.2, 0.25) is 0 Å². The number of methoxy groups -OCH3 is 1. The summed E-state index contributed by atoms with van der Waals surface area (Å²) < 4.78 is 10.6. The van der Waals surface area contributed by atoms with Crippen molar-refractivity contribution in [2.24, 2.45) is 0 Å². The Morgan fingerprint density at radius 2 is 2.05 bits per heavy atom. The van der Waals surface area contributed by atoms with Crippen LogP contribution in [0.4, 0.5) is 0 Å². The van der Waals surface area contributed by atoms with Crippen molar-refractivity contribution in [3.8, 4) is 22.6 Å². The van der Waals surface area contributed by atoms with Gasteiger partial charge < -0.3 is 9.47 Å². The lowest BCUT2D eigenvalue weighted by Crippen LogP contribution is -1.94. The number of carbonyl (C=O) groups is 1. The van der Waals surface area contributed by atoms with Crippen LogP contribution in [0.25, 0.3) is 11.1 Å². The number of aldehydes is 1. The predicted molar refractivity (Wildman–Crippen MR) is 72.8 cm³/mol. The second-order valence-corrected chi connectivity index (χ2v) is 3.92. The average Bonchev–Trinajstić information content (AvgIpc) is 2.47. The molecular weight excluding hydrogens is 242 g/mol. The number of pyridine rings is 1. The standard InChI is InChI=1S/C15H15NO3/c1-3-19-14-6-13(8-16-9-14)11-4-5-12(10-17)15(7-11)18-2/h4-10H,3H2,1-2H3. The van der Waals surface area contributed by atoms with Gasteiger partial charge in [-0.3, -0.25) is 9.78 Å². The molecule has 0 saturated carbocycles. The first-order valence-electron chi connectivity index (χ1n) is 6.00. The molecule has 98 valence electrons. The third-order valence-corrected chi connectivity index (χ3v) is 2.72. The highest BCUT2D eigenvalue weighted by Gasteiger charge is 2.06. The van der Waals surface area contributed by atoms with Gasteiger partial charge in [-0.1, -0.05) is 6.07 Å². The van der Waals surface area contributed by atoms with E-state index < -0.39 is 0 Å². The Balaban J connectivity index is 2.41. The first-order valence-corrected chi connectivity index (χ1v) is 6.00. The van der Waals surface area contributed by atoms with E-state index in [1.807, 2.05) is 25.1 Å². The van der Waals surface area contributed by atoms with E-state index in [9.17, 15) is 4.79 Å². The molecule has 2 aromatic rings. The van der Waals surface area contributed by atoms with E-state index >= 15 is 0 Å². The Kier molecular flexibility index (Phi) is 4.13. The molecule has 0 atom stereocenters. The molecule has 2 rings (SSSR count). The number of hydrogen-bond acceptors (Lipinski definition) is 4. The topological polar surface area (TPSA) is 48.4 Å². The molecule has 0 radical (unpaired) electrons. The molecule has 0 aliphatic carbocycles. The molecule has 0 N–H and O–H groups in total. The van der Waals surface area contributed by atoms with Gasteiger partial charge in [-0.2, -0.15) is 0 Å². The van der Waals surface area contributed by atoms with E-state index in [0.29, 0.717) is 17.9 Å². The van der Waals surface area contributed by atoms with E-state index in [-0.39, 0.29) is 0 Å². The normalized spacial score (nSPS) is 10.0. The Hall–Kier alpha value is -2.36. The summed E-state index contributed by atoms with van der Waals surface area (Å²) in [5.74, 6) is 1.27. The Labute approximate surface area is 112 Å². The van der Waals surface area contributed by atoms with E-state index in [0.717, 1.165) is 23.2 Å². The van der Waals surface area contributed by atoms with Crippen molar-refractivity contribution in [2.75, 3.05) is 13.7 Å². The summed E-state index contributed by atoms with van der Waals surface area (Å²) in [5, 5.41) is 0. The van der Waals surface area contributed by atoms with Crippen molar-refractivity contribution < 1.29 is 14.3 Å². The molecule has 4 heteroatoms. The summed E-state index contributed by atoms with van der Waals surface area (Å²) in [4.78, 5) is 15.0. The van der Waals surface area contributed by atoms with Gasteiger partial charge in [0, 0.05) is 11.8 Å². The fourth-order valence-electron chi connectivity index (χ4n) is 1.81. The van der Waals surface area contributed by atoms with Gasteiger partial charge in [0.2, 0.25) is 0 Å². The molecular formula is C15H15NO3. The van der Waals surface area contributed by atoms with Gasteiger partial charge in [0.1, 0.15) is 11.5 Å². The van der Waals surface area contributed by atoms with Crippen molar-refractivity contribution in [1.82, 2.24) is 4.98 Å². The van der Waals surface area contributed by atoms with E-state index in [1.165, 1.54) is 0 Å². The molecule has 0 fully saturated rings. The lowest BCUT2D eigenvalue weighted by Gasteiger charge is -2.08. The van der Waals surface area contributed by atoms with E-state index in [4.69, 9.17) is 9.47 Å². The number of ether oxygens (including phenoxy) is 2. The zero-order valence-electron chi connectivity index (χ0n) is 10.9. The largest absolute Gasteiger partial charge is 0.496 e. The maximum atomic E-state index is 10.9. The number of rotatable bonds is 5. The highest BCUT2D eigenvalue weighted by Crippen LogP contribution is 2.27. The molecule has 0 saturated heterocycles. The van der Waals surface area contributed by atoms with Gasteiger partial charge >= 0.3 is 0 Å². The van der Waals surface area contributed by atoms with Crippen LogP contribution in [-0.4, -0.2) is 25.0 Å². The highest BCUT2D eigenvalue weighted by molar-refractivity contribution is 5.81. The minimum absolute atomic E-state index is 0.528. The van der Waals surface area contributed by atoms with Crippen molar-refractivity contribution in [2.45, 2.75) is 6.92 Å². The molecule has 0 bridgehead atoms. The van der Waals surface area contributed by atoms with Crippen molar-refractivity contribution in [3.05, 3.63) is 42.2 Å². The number of hydrogen-bond donors (Lipinski definition) is 0. The molecule has 0 amide bonds. The van der Waals surface area contributed by atoms with Crippen molar-refractivity contribution in [3.63, 3.8) is 0 Å². The second-order valence-electron chi connectivity index (χ2n) is 3.92. The van der Waals surface area contributed by atoms with Gasteiger partial charge in [0.05, 0.1) is 25.5 Å². The van der Waals surface area contributed by atoms with E-state index in [2.05, 4.69) is 4.98 Å². The summed E-state index contributed by atoms with van der Waals surface area (Å²) in [6, 6.07) is 7.32.